The molecule has 0 amide bonds. The van der Waals surface area contributed by atoms with Gasteiger partial charge in [0.1, 0.15) is 11.3 Å². The number of fused-ring (bicyclic) bond motifs is 1. The van der Waals surface area contributed by atoms with E-state index in [1.807, 2.05) is 77.4 Å². The number of hydrogen-bond donors (Lipinski definition) is 2. The number of para-hydroxylation sites is 2. The van der Waals surface area contributed by atoms with Gasteiger partial charge in [0.2, 0.25) is 0 Å². The van der Waals surface area contributed by atoms with Crippen LogP contribution in [0.25, 0.3) is 28.0 Å². The molecular formula is C20H15BrN4. The van der Waals surface area contributed by atoms with Gasteiger partial charge in [-0.15, -0.1) is 0 Å². The minimum absolute atomic E-state index is 0.381. The second kappa shape index (κ2) is 6.18. The monoisotopic (exact) mass is 390 g/mol. The van der Waals surface area contributed by atoms with Gasteiger partial charge in [0, 0.05) is 26.8 Å². The standard InChI is InChI=1S/C20H15BrN4/c21-13-9-11-14(12-10-13)25-19(23)16-6-2-4-8-18(16)24-20(25)15-5-1-3-7-17(15)22/h1-12,23H,22H2. The van der Waals surface area contributed by atoms with E-state index in [-0.39, 0.29) is 0 Å². The third-order valence-corrected chi connectivity index (χ3v) is 4.64. The second-order valence-electron chi connectivity index (χ2n) is 5.70. The third kappa shape index (κ3) is 2.72. The van der Waals surface area contributed by atoms with Gasteiger partial charge < -0.3 is 5.73 Å². The molecule has 1 aromatic heterocycles. The lowest BCUT2D eigenvalue weighted by atomic mass is 10.1. The van der Waals surface area contributed by atoms with Gasteiger partial charge in [0.15, 0.2) is 0 Å². The zero-order valence-corrected chi connectivity index (χ0v) is 14.9. The Morgan fingerprint density at radius 1 is 0.880 bits per heavy atom. The SMILES string of the molecule is N=c1c2ccccc2nc(-c2ccccc2N)n1-c1ccc(Br)cc1. The topological polar surface area (TPSA) is 67.7 Å². The van der Waals surface area contributed by atoms with Gasteiger partial charge in [-0.1, -0.05) is 40.2 Å². The molecule has 0 bridgehead atoms. The van der Waals surface area contributed by atoms with E-state index in [4.69, 9.17) is 16.1 Å². The lowest BCUT2D eigenvalue weighted by Gasteiger charge is -2.16. The third-order valence-electron chi connectivity index (χ3n) is 4.11. The van der Waals surface area contributed by atoms with Crippen LogP contribution in [0, 0.1) is 5.41 Å². The highest BCUT2D eigenvalue weighted by Gasteiger charge is 2.14. The molecule has 5 heteroatoms. The van der Waals surface area contributed by atoms with Crippen LogP contribution < -0.4 is 11.2 Å². The number of hydrogen-bond acceptors (Lipinski definition) is 3. The normalized spacial score (nSPS) is 10.9. The molecule has 0 saturated carbocycles. The van der Waals surface area contributed by atoms with Gasteiger partial charge in [-0.3, -0.25) is 9.98 Å². The second-order valence-corrected chi connectivity index (χ2v) is 6.62. The summed E-state index contributed by atoms with van der Waals surface area (Å²) in [4.78, 5) is 4.82. The summed E-state index contributed by atoms with van der Waals surface area (Å²) in [5.41, 5.74) is 9.66. The minimum Gasteiger partial charge on any atom is -0.398 e. The summed E-state index contributed by atoms with van der Waals surface area (Å²) in [6.07, 6.45) is 0. The van der Waals surface area contributed by atoms with Crippen LogP contribution >= 0.6 is 15.9 Å². The van der Waals surface area contributed by atoms with Crippen LogP contribution in [0.1, 0.15) is 0 Å². The van der Waals surface area contributed by atoms with Crippen molar-refractivity contribution in [1.29, 1.82) is 5.41 Å². The summed E-state index contributed by atoms with van der Waals surface area (Å²) < 4.78 is 2.82. The number of anilines is 1. The Labute approximate surface area is 153 Å². The van der Waals surface area contributed by atoms with Crippen molar-refractivity contribution in [2.75, 3.05) is 5.73 Å². The van der Waals surface area contributed by atoms with Gasteiger partial charge in [-0.05, 0) is 48.5 Å². The summed E-state index contributed by atoms with van der Waals surface area (Å²) >= 11 is 3.46. The van der Waals surface area contributed by atoms with E-state index in [1.165, 1.54) is 0 Å². The minimum atomic E-state index is 0.381. The van der Waals surface area contributed by atoms with Crippen molar-refractivity contribution in [3.8, 4) is 17.1 Å². The van der Waals surface area contributed by atoms with Crippen molar-refractivity contribution in [2.45, 2.75) is 0 Å². The summed E-state index contributed by atoms with van der Waals surface area (Å²) in [6, 6.07) is 23.1. The Morgan fingerprint density at radius 3 is 2.32 bits per heavy atom. The van der Waals surface area contributed by atoms with Gasteiger partial charge in [-0.2, -0.15) is 0 Å². The first-order valence-electron chi connectivity index (χ1n) is 7.82. The van der Waals surface area contributed by atoms with E-state index in [9.17, 15) is 0 Å². The first-order chi connectivity index (χ1) is 12.1. The average molecular weight is 391 g/mol. The maximum atomic E-state index is 8.76. The predicted octanol–water partition coefficient (Wildman–Crippen LogP) is 4.52. The molecule has 1 heterocycles. The number of aromatic nitrogens is 2. The van der Waals surface area contributed by atoms with E-state index in [0.29, 0.717) is 17.0 Å². The van der Waals surface area contributed by atoms with Gasteiger partial charge in [0.05, 0.1) is 5.52 Å². The highest BCUT2D eigenvalue weighted by atomic mass is 79.9. The summed E-state index contributed by atoms with van der Waals surface area (Å²) in [6.45, 7) is 0. The first kappa shape index (κ1) is 15.6. The largest absolute Gasteiger partial charge is 0.398 e. The van der Waals surface area contributed by atoms with E-state index in [2.05, 4.69) is 15.9 Å². The van der Waals surface area contributed by atoms with Crippen LogP contribution in [-0.2, 0) is 0 Å². The van der Waals surface area contributed by atoms with Gasteiger partial charge >= 0.3 is 0 Å². The molecule has 0 saturated heterocycles. The van der Waals surface area contributed by atoms with Crippen molar-refractivity contribution in [2.24, 2.45) is 0 Å². The van der Waals surface area contributed by atoms with Crippen molar-refractivity contribution in [3.05, 3.63) is 82.8 Å². The average Bonchev–Trinajstić information content (AvgIpc) is 2.63. The molecule has 4 aromatic rings. The van der Waals surface area contributed by atoms with Crippen molar-refractivity contribution in [1.82, 2.24) is 9.55 Å². The van der Waals surface area contributed by atoms with Crippen LogP contribution in [0.4, 0.5) is 5.69 Å². The van der Waals surface area contributed by atoms with Crippen molar-refractivity contribution in [3.63, 3.8) is 0 Å². The van der Waals surface area contributed by atoms with Crippen LogP contribution in [-0.4, -0.2) is 9.55 Å². The van der Waals surface area contributed by atoms with Crippen LogP contribution in [0.5, 0.6) is 0 Å². The number of nitrogens with two attached hydrogens (primary N) is 1. The molecule has 25 heavy (non-hydrogen) atoms. The molecule has 0 aliphatic rings. The number of halogens is 1. The summed E-state index contributed by atoms with van der Waals surface area (Å²) in [5, 5.41) is 9.56. The molecule has 0 fully saturated rings. The van der Waals surface area contributed by atoms with Crippen LogP contribution in [0.15, 0.2) is 77.3 Å². The highest BCUT2D eigenvalue weighted by molar-refractivity contribution is 9.10. The molecular weight excluding hydrogens is 376 g/mol. The highest BCUT2D eigenvalue weighted by Crippen LogP contribution is 2.27. The molecule has 0 radical (unpaired) electrons. The number of nitrogen functional groups attached to an aromatic ring is 1. The zero-order chi connectivity index (χ0) is 17.4. The predicted molar refractivity (Wildman–Crippen MR) is 104 cm³/mol. The zero-order valence-electron chi connectivity index (χ0n) is 13.3. The first-order valence-corrected chi connectivity index (χ1v) is 8.61. The molecule has 0 atom stereocenters. The van der Waals surface area contributed by atoms with Gasteiger partial charge in [-0.25, -0.2) is 4.98 Å². The summed E-state index contributed by atoms with van der Waals surface area (Å²) in [5.74, 6) is 0.657. The molecule has 122 valence electrons. The van der Waals surface area contributed by atoms with Crippen LogP contribution in [0.3, 0.4) is 0 Å². The smallest absolute Gasteiger partial charge is 0.148 e. The number of nitrogens with zero attached hydrogens (tertiary/aromatic N) is 2. The molecule has 4 rings (SSSR count). The maximum Gasteiger partial charge on any atom is 0.148 e. The molecule has 3 aromatic carbocycles. The number of rotatable bonds is 2. The quantitative estimate of drug-likeness (QED) is 0.494. The number of benzene rings is 3. The Morgan fingerprint density at radius 2 is 1.56 bits per heavy atom. The molecule has 0 spiro atoms. The van der Waals surface area contributed by atoms with E-state index in [1.54, 1.807) is 0 Å². The van der Waals surface area contributed by atoms with E-state index in [0.717, 1.165) is 26.6 Å². The Kier molecular flexibility index (Phi) is 3.86. The molecule has 0 aliphatic carbocycles. The molecule has 3 N–H and O–H groups in total. The van der Waals surface area contributed by atoms with Gasteiger partial charge in [0.25, 0.3) is 0 Å². The summed E-state index contributed by atoms with van der Waals surface area (Å²) in [7, 11) is 0. The van der Waals surface area contributed by atoms with E-state index >= 15 is 0 Å². The Balaban J connectivity index is 2.13. The van der Waals surface area contributed by atoms with Crippen molar-refractivity contribution >= 4 is 32.5 Å². The number of nitrogens with one attached hydrogen (secondary N) is 1. The van der Waals surface area contributed by atoms with E-state index < -0.39 is 0 Å². The fourth-order valence-electron chi connectivity index (χ4n) is 2.88. The lowest BCUT2D eigenvalue weighted by molar-refractivity contribution is 0.922. The van der Waals surface area contributed by atoms with Crippen LogP contribution in [0.2, 0.25) is 0 Å². The van der Waals surface area contributed by atoms with Crippen molar-refractivity contribution < 1.29 is 0 Å². The maximum absolute atomic E-state index is 8.76. The Bertz CT molecular complexity index is 1130. The molecule has 4 nitrogen and oxygen atoms in total. The molecule has 0 aliphatic heterocycles. The molecule has 0 unspecified atom stereocenters. The Hall–Kier alpha value is -2.92. The fraction of sp³-hybridized carbons (Fsp3) is 0. The fourth-order valence-corrected chi connectivity index (χ4v) is 3.15. The lowest BCUT2D eigenvalue weighted by Crippen LogP contribution is -2.22.